The maximum atomic E-state index is 12.6. The van der Waals surface area contributed by atoms with E-state index in [1.807, 2.05) is 13.8 Å². The van der Waals surface area contributed by atoms with Crippen LogP contribution in [0.4, 0.5) is 5.69 Å². The number of benzene rings is 1. The molecule has 4 aromatic rings. The largest absolute Gasteiger partial charge is 0.457 e. The monoisotopic (exact) mass is 420 g/mol. The minimum absolute atomic E-state index is 0.121. The van der Waals surface area contributed by atoms with Gasteiger partial charge in [-0.15, -0.1) is 0 Å². The predicted octanol–water partition coefficient (Wildman–Crippen LogP) is 3.43. The summed E-state index contributed by atoms with van der Waals surface area (Å²) in [7, 11) is 0. The van der Waals surface area contributed by atoms with Crippen molar-refractivity contribution in [3.8, 4) is 0 Å². The van der Waals surface area contributed by atoms with Crippen molar-refractivity contribution in [2.75, 3.05) is 5.32 Å². The smallest absolute Gasteiger partial charge is 0.340 e. The predicted molar refractivity (Wildman–Crippen MR) is 114 cm³/mol. The Morgan fingerprint density at radius 2 is 2.00 bits per heavy atom. The number of amides is 1. The van der Waals surface area contributed by atoms with Gasteiger partial charge in [0.15, 0.2) is 5.65 Å². The normalized spacial score (nSPS) is 11.2. The zero-order valence-corrected chi connectivity index (χ0v) is 17.2. The summed E-state index contributed by atoms with van der Waals surface area (Å²) in [5.41, 5.74) is 1.68. The van der Waals surface area contributed by atoms with E-state index < -0.39 is 11.6 Å². The molecule has 0 saturated carbocycles. The molecule has 0 aliphatic heterocycles. The minimum atomic E-state index is -0.581. The molecule has 0 aliphatic rings. The van der Waals surface area contributed by atoms with Gasteiger partial charge in [-0.2, -0.15) is 5.10 Å². The number of esters is 1. The SMILES string of the molecule is CC(=O)Nc1ccc2c(COC(=O)c3cnc4c(cnn4C(C)C)c3)cc(=O)oc2c1. The molecule has 9 nitrogen and oxygen atoms in total. The second kappa shape index (κ2) is 8.02. The van der Waals surface area contributed by atoms with Gasteiger partial charge in [0.05, 0.1) is 11.8 Å². The van der Waals surface area contributed by atoms with Gasteiger partial charge in [0.2, 0.25) is 5.91 Å². The Bertz CT molecular complexity index is 1370. The Kier molecular flexibility index (Phi) is 5.24. The minimum Gasteiger partial charge on any atom is -0.457 e. The van der Waals surface area contributed by atoms with E-state index >= 15 is 0 Å². The second-order valence-electron chi connectivity index (χ2n) is 7.38. The van der Waals surface area contributed by atoms with E-state index in [0.29, 0.717) is 22.3 Å². The molecule has 9 heteroatoms. The van der Waals surface area contributed by atoms with Crippen LogP contribution < -0.4 is 10.9 Å². The first-order valence-electron chi connectivity index (χ1n) is 9.66. The van der Waals surface area contributed by atoms with Gasteiger partial charge in [0, 0.05) is 53.3 Å². The number of aromatic nitrogens is 3. The van der Waals surface area contributed by atoms with Gasteiger partial charge in [-0.3, -0.25) is 4.79 Å². The number of hydrogen-bond acceptors (Lipinski definition) is 7. The van der Waals surface area contributed by atoms with Gasteiger partial charge in [-0.05, 0) is 32.0 Å². The molecule has 0 atom stereocenters. The fraction of sp³-hybridized carbons (Fsp3) is 0.227. The third-order valence-electron chi connectivity index (χ3n) is 4.67. The molecular formula is C22H20N4O5. The highest BCUT2D eigenvalue weighted by Crippen LogP contribution is 2.23. The maximum Gasteiger partial charge on any atom is 0.340 e. The lowest BCUT2D eigenvalue weighted by atomic mass is 10.1. The van der Waals surface area contributed by atoms with Crippen LogP contribution in [-0.4, -0.2) is 26.6 Å². The highest BCUT2D eigenvalue weighted by atomic mass is 16.5. The molecule has 1 N–H and O–H groups in total. The Balaban J connectivity index is 1.57. The van der Waals surface area contributed by atoms with Gasteiger partial charge in [-0.25, -0.2) is 19.3 Å². The van der Waals surface area contributed by atoms with Crippen LogP contribution in [0.2, 0.25) is 0 Å². The first-order chi connectivity index (χ1) is 14.8. The molecule has 3 aromatic heterocycles. The van der Waals surface area contributed by atoms with Crippen LogP contribution in [-0.2, 0) is 16.1 Å². The Hall–Kier alpha value is -4.01. The number of pyridine rings is 1. The lowest BCUT2D eigenvalue weighted by Gasteiger charge is -2.09. The van der Waals surface area contributed by atoms with Crippen molar-refractivity contribution in [2.45, 2.75) is 33.4 Å². The van der Waals surface area contributed by atoms with E-state index in [1.54, 1.807) is 35.1 Å². The number of ether oxygens (including phenoxy) is 1. The van der Waals surface area contributed by atoms with E-state index in [1.165, 1.54) is 19.2 Å². The fourth-order valence-corrected chi connectivity index (χ4v) is 3.29. The molecule has 158 valence electrons. The molecule has 4 rings (SSSR count). The summed E-state index contributed by atoms with van der Waals surface area (Å²) in [6.07, 6.45) is 3.10. The van der Waals surface area contributed by atoms with Crippen molar-refractivity contribution in [3.05, 3.63) is 64.3 Å². The summed E-state index contributed by atoms with van der Waals surface area (Å²) < 4.78 is 12.4. The molecule has 0 aliphatic carbocycles. The Morgan fingerprint density at radius 1 is 1.19 bits per heavy atom. The first kappa shape index (κ1) is 20.3. The van der Waals surface area contributed by atoms with Crippen molar-refractivity contribution in [3.63, 3.8) is 0 Å². The molecule has 0 radical (unpaired) electrons. The molecule has 1 amide bonds. The number of fused-ring (bicyclic) bond motifs is 2. The molecule has 31 heavy (non-hydrogen) atoms. The second-order valence-corrected chi connectivity index (χ2v) is 7.38. The van der Waals surface area contributed by atoms with Crippen LogP contribution in [0.15, 0.2) is 51.9 Å². The van der Waals surface area contributed by atoms with Crippen LogP contribution >= 0.6 is 0 Å². The summed E-state index contributed by atoms with van der Waals surface area (Å²) in [6.45, 7) is 5.26. The van der Waals surface area contributed by atoms with Gasteiger partial charge in [0.25, 0.3) is 0 Å². The third-order valence-corrected chi connectivity index (χ3v) is 4.67. The van der Waals surface area contributed by atoms with Crippen LogP contribution in [0, 0.1) is 0 Å². The molecule has 0 fully saturated rings. The number of rotatable bonds is 5. The van der Waals surface area contributed by atoms with Crippen LogP contribution in [0.5, 0.6) is 0 Å². The molecule has 0 saturated heterocycles. The molecular weight excluding hydrogens is 400 g/mol. The zero-order chi connectivity index (χ0) is 22.1. The molecule has 1 aromatic carbocycles. The Labute approximate surface area is 176 Å². The van der Waals surface area contributed by atoms with Crippen molar-refractivity contribution in [1.82, 2.24) is 14.8 Å². The topological polar surface area (TPSA) is 116 Å². The lowest BCUT2D eigenvalue weighted by Crippen LogP contribution is -2.09. The number of nitrogens with zero attached hydrogens (tertiary/aromatic N) is 3. The number of nitrogens with one attached hydrogen (secondary N) is 1. The third kappa shape index (κ3) is 4.16. The average molecular weight is 420 g/mol. The number of carbonyl (C=O) groups is 2. The first-order valence-corrected chi connectivity index (χ1v) is 9.66. The summed E-state index contributed by atoms with van der Waals surface area (Å²) in [5.74, 6) is -0.806. The summed E-state index contributed by atoms with van der Waals surface area (Å²) in [5, 5.41) is 8.26. The highest BCUT2D eigenvalue weighted by Gasteiger charge is 2.14. The van der Waals surface area contributed by atoms with Gasteiger partial charge < -0.3 is 14.5 Å². The zero-order valence-electron chi connectivity index (χ0n) is 17.2. The summed E-state index contributed by atoms with van der Waals surface area (Å²) >= 11 is 0. The average Bonchev–Trinajstić information content (AvgIpc) is 3.14. The van der Waals surface area contributed by atoms with E-state index in [2.05, 4.69) is 15.4 Å². The van der Waals surface area contributed by atoms with Crippen molar-refractivity contribution in [2.24, 2.45) is 0 Å². The Morgan fingerprint density at radius 3 is 2.74 bits per heavy atom. The van der Waals surface area contributed by atoms with Gasteiger partial charge in [0.1, 0.15) is 12.2 Å². The number of hydrogen-bond donors (Lipinski definition) is 1. The van der Waals surface area contributed by atoms with Crippen LogP contribution in [0.3, 0.4) is 0 Å². The van der Waals surface area contributed by atoms with E-state index in [-0.39, 0.29) is 29.7 Å². The van der Waals surface area contributed by atoms with Crippen molar-refractivity contribution in [1.29, 1.82) is 0 Å². The van der Waals surface area contributed by atoms with Crippen molar-refractivity contribution < 1.29 is 18.7 Å². The molecule has 0 bridgehead atoms. The van der Waals surface area contributed by atoms with Crippen LogP contribution in [0.1, 0.15) is 42.7 Å². The summed E-state index contributed by atoms with van der Waals surface area (Å²) in [6, 6.07) is 8.02. The van der Waals surface area contributed by atoms with Gasteiger partial charge >= 0.3 is 11.6 Å². The van der Waals surface area contributed by atoms with E-state index in [9.17, 15) is 14.4 Å². The molecule has 0 unspecified atom stereocenters. The highest BCUT2D eigenvalue weighted by molar-refractivity contribution is 5.94. The maximum absolute atomic E-state index is 12.6. The quantitative estimate of drug-likeness (QED) is 0.388. The number of carbonyl (C=O) groups excluding carboxylic acids is 2. The fourth-order valence-electron chi connectivity index (χ4n) is 3.29. The van der Waals surface area contributed by atoms with E-state index in [4.69, 9.17) is 9.15 Å². The van der Waals surface area contributed by atoms with Crippen molar-refractivity contribution >= 4 is 39.6 Å². The van der Waals surface area contributed by atoms with Crippen LogP contribution in [0.25, 0.3) is 22.0 Å². The molecule has 3 heterocycles. The lowest BCUT2D eigenvalue weighted by molar-refractivity contribution is -0.114. The van der Waals surface area contributed by atoms with E-state index in [0.717, 1.165) is 5.39 Å². The number of anilines is 1. The molecule has 0 spiro atoms. The summed E-state index contributed by atoms with van der Waals surface area (Å²) in [4.78, 5) is 40.1. The van der Waals surface area contributed by atoms with Gasteiger partial charge in [-0.1, -0.05) is 0 Å². The standard InChI is InChI=1S/C22H20N4O5/c1-12(2)26-21-14(10-24-26)6-15(9-23-21)22(29)30-11-16-7-20(28)31-19-8-17(25-13(3)27)4-5-18(16)19/h4-10,12H,11H2,1-3H3,(H,25,27).